The molecular weight excluding hydrogens is 330 g/mol. The molecular formula is C20H31N3O3. The first-order chi connectivity index (χ1) is 12.5. The molecule has 0 aromatic heterocycles. The van der Waals surface area contributed by atoms with E-state index in [1.807, 2.05) is 19.1 Å². The number of benzene rings is 1. The highest BCUT2D eigenvalue weighted by atomic mass is 16.7. The Labute approximate surface area is 156 Å². The van der Waals surface area contributed by atoms with Crippen LogP contribution in [0.3, 0.4) is 0 Å². The summed E-state index contributed by atoms with van der Waals surface area (Å²) >= 11 is 0. The van der Waals surface area contributed by atoms with Crippen LogP contribution in [0, 0.1) is 0 Å². The zero-order valence-corrected chi connectivity index (χ0v) is 16.2. The Kier molecular flexibility index (Phi) is 6.38. The van der Waals surface area contributed by atoms with Crippen LogP contribution in [-0.4, -0.2) is 61.4 Å². The predicted octanol–water partition coefficient (Wildman–Crippen LogP) is 2.23. The molecule has 2 unspecified atom stereocenters. The minimum atomic E-state index is -0.00342. The fraction of sp³-hybridized carbons (Fsp3) is 0.650. The van der Waals surface area contributed by atoms with Crippen molar-refractivity contribution < 1.29 is 14.3 Å². The first-order valence-corrected chi connectivity index (χ1v) is 9.65. The molecule has 1 amide bonds. The maximum absolute atomic E-state index is 12.3. The lowest BCUT2D eigenvalue weighted by Crippen LogP contribution is -2.51. The van der Waals surface area contributed by atoms with Gasteiger partial charge in [-0.1, -0.05) is 12.5 Å². The lowest BCUT2D eigenvalue weighted by atomic mass is 10.1. The molecule has 6 nitrogen and oxygen atoms in total. The van der Waals surface area contributed by atoms with E-state index in [1.165, 1.54) is 24.8 Å². The van der Waals surface area contributed by atoms with Crippen LogP contribution in [0.5, 0.6) is 11.5 Å². The molecule has 1 fully saturated rings. The van der Waals surface area contributed by atoms with Gasteiger partial charge in [-0.15, -0.1) is 0 Å². The van der Waals surface area contributed by atoms with Gasteiger partial charge in [0.1, 0.15) is 0 Å². The number of rotatable bonds is 7. The van der Waals surface area contributed by atoms with Gasteiger partial charge in [-0.3, -0.25) is 14.6 Å². The van der Waals surface area contributed by atoms with E-state index in [2.05, 4.69) is 35.2 Å². The monoisotopic (exact) mass is 361 g/mol. The van der Waals surface area contributed by atoms with E-state index in [-0.39, 0.29) is 12.1 Å². The van der Waals surface area contributed by atoms with Gasteiger partial charge < -0.3 is 14.8 Å². The van der Waals surface area contributed by atoms with Crippen molar-refractivity contribution in [3.63, 3.8) is 0 Å². The average Bonchev–Trinajstić information content (AvgIpc) is 3.09. The molecule has 0 spiro atoms. The van der Waals surface area contributed by atoms with E-state index >= 15 is 0 Å². The van der Waals surface area contributed by atoms with Gasteiger partial charge in [0.2, 0.25) is 12.7 Å². The maximum Gasteiger partial charge on any atom is 0.235 e. The largest absolute Gasteiger partial charge is 0.454 e. The molecule has 1 aromatic carbocycles. The number of carbonyl (C=O) groups is 1. The Hall–Kier alpha value is -1.79. The molecule has 0 saturated carbocycles. The fourth-order valence-electron chi connectivity index (χ4n) is 3.64. The summed E-state index contributed by atoms with van der Waals surface area (Å²) in [7, 11) is 2.06. The van der Waals surface area contributed by atoms with Crippen molar-refractivity contribution in [1.82, 2.24) is 15.1 Å². The van der Waals surface area contributed by atoms with Crippen molar-refractivity contribution in [2.75, 3.05) is 33.5 Å². The molecule has 2 heterocycles. The number of likely N-dealkylation sites (N-methyl/N-ethyl adjacent to an activating group) is 1. The van der Waals surface area contributed by atoms with Crippen LogP contribution in [0.4, 0.5) is 0 Å². The highest BCUT2D eigenvalue weighted by Crippen LogP contribution is 2.33. The number of ether oxygens (including phenoxy) is 2. The molecule has 0 bridgehead atoms. The lowest BCUT2D eigenvalue weighted by molar-refractivity contribution is -0.124. The molecule has 3 rings (SSSR count). The number of nitrogens with zero attached hydrogens (tertiary/aromatic N) is 2. The van der Waals surface area contributed by atoms with E-state index in [1.54, 1.807) is 0 Å². The summed E-state index contributed by atoms with van der Waals surface area (Å²) in [5.41, 5.74) is 1.21. The first-order valence-electron chi connectivity index (χ1n) is 9.65. The summed E-state index contributed by atoms with van der Waals surface area (Å²) in [6.45, 7) is 7.11. The second kappa shape index (κ2) is 8.73. The van der Waals surface area contributed by atoms with Gasteiger partial charge in [0, 0.05) is 6.04 Å². The fourth-order valence-corrected chi connectivity index (χ4v) is 3.64. The summed E-state index contributed by atoms with van der Waals surface area (Å²) in [6, 6.07) is 6.39. The summed E-state index contributed by atoms with van der Waals surface area (Å²) in [5, 5.41) is 3.14. The summed E-state index contributed by atoms with van der Waals surface area (Å²) < 4.78 is 10.8. The van der Waals surface area contributed by atoms with Gasteiger partial charge in [-0.25, -0.2) is 0 Å². The Morgan fingerprint density at radius 3 is 2.69 bits per heavy atom. The molecule has 2 aliphatic heterocycles. The maximum atomic E-state index is 12.3. The van der Waals surface area contributed by atoms with Crippen molar-refractivity contribution in [1.29, 1.82) is 0 Å². The predicted molar refractivity (Wildman–Crippen MR) is 101 cm³/mol. The Morgan fingerprint density at radius 2 is 1.92 bits per heavy atom. The van der Waals surface area contributed by atoms with E-state index in [4.69, 9.17) is 9.47 Å². The SMILES string of the molecule is CC(Cc1ccc2c(c1)OCO2)N(C)C(C)NC(=O)CN1CCCCC1. The van der Waals surface area contributed by atoms with Crippen molar-refractivity contribution in [3.05, 3.63) is 23.8 Å². The number of piperidine rings is 1. The number of fused-ring (bicyclic) bond motifs is 1. The summed E-state index contributed by atoms with van der Waals surface area (Å²) in [4.78, 5) is 16.8. The van der Waals surface area contributed by atoms with Crippen molar-refractivity contribution in [3.8, 4) is 11.5 Å². The molecule has 6 heteroatoms. The quantitative estimate of drug-likeness (QED) is 0.755. The molecule has 26 heavy (non-hydrogen) atoms. The van der Waals surface area contributed by atoms with Gasteiger partial charge in [0.25, 0.3) is 0 Å². The van der Waals surface area contributed by atoms with Crippen LogP contribution in [-0.2, 0) is 11.2 Å². The molecule has 2 atom stereocenters. The molecule has 1 saturated heterocycles. The minimum absolute atomic E-state index is 0.00342. The van der Waals surface area contributed by atoms with Gasteiger partial charge in [-0.2, -0.15) is 0 Å². The topological polar surface area (TPSA) is 54.0 Å². The second-order valence-electron chi connectivity index (χ2n) is 7.49. The van der Waals surface area contributed by atoms with Crippen LogP contribution >= 0.6 is 0 Å². The van der Waals surface area contributed by atoms with Gasteiger partial charge >= 0.3 is 0 Å². The highest BCUT2D eigenvalue weighted by Gasteiger charge is 2.21. The van der Waals surface area contributed by atoms with Crippen LogP contribution < -0.4 is 14.8 Å². The number of hydrogen-bond donors (Lipinski definition) is 1. The lowest BCUT2D eigenvalue weighted by Gasteiger charge is -2.32. The highest BCUT2D eigenvalue weighted by molar-refractivity contribution is 5.78. The summed E-state index contributed by atoms with van der Waals surface area (Å²) in [6.07, 6.45) is 4.58. The van der Waals surface area contributed by atoms with Crippen LogP contribution in [0.15, 0.2) is 18.2 Å². The van der Waals surface area contributed by atoms with E-state index < -0.39 is 0 Å². The molecule has 0 aliphatic carbocycles. The van der Waals surface area contributed by atoms with Crippen molar-refractivity contribution >= 4 is 5.91 Å². The van der Waals surface area contributed by atoms with Crippen LogP contribution in [0.25, 0.3) is 0 Å². The number of carbonyl (C=O) groups excluding carboxylic acids is 1. The van der Waals surface area contributed by atoms with Crippen molar-refractivity contribution in [2.45, 2.75) is 51.7 Å². The third-order valence-corrected chi connectivity index (χ3v) is 5.46. The molecule has 2 aliphatic rings. The first kappa shape index (κ1) is 19.0. The number of likely N-dealkylation sites (tertiary alicyclic amines) is 1. The van der Waals surface area contributed by atoms with Gasteiger partial charge in [0.05, 0.1) is 12.7 Å². The van der Waals surface area contributed by atoms with E-state index in [0.29, 0.717) is 19.4 Å². The van der Waals surface area contributed by atoms with E-state index in [0.717, 1.165) is 31.0 Å². The number of amides is 1. The average molecular weight is 361 g/mol. The third-order valence-electron chi connectivity index (χ3n) is 5.46. The van der Waals surface area contributed by atoms with Crippen LogP contribution in [0.2, 0.25) is 0 Å². The number of hydrogen-bond acceptors (Lipinski definition) is 5. The zero-order valence-electron chi connectivity index (χ0n) is 16.2. The Balaban J connectivity index is 1.47. The minimum Gasteiger partial charge on any atom is -0.454 e. The van der Waals surface area contributed by atoms with Gasteiger partial charge in [0.15, 0.2) is 11.5 Å². The van der Waals surface area contributed by atoms with Crippen LogP contribution in [0.1, 0.15) is 38.7 Å². The number of nitrogens with one attached hydrogen (secondary N) is 1. The smallest absolute Gasteiger partial charge is 0.235 e. The van der Waals surface area contributed by atoms with Crippen molar-refractivity contribution in [2.24, 2.45) is 0 Å². The zero-order chi connectivity index (χ0) is 18.5. The Morgan fingerprint density at radius 1 is 1.19 bits per heavy atom. The molecule has 144 valence electrons. The second-order valence-corrected chi connectivity index (χ2v) is 7.49. The standard InChI is InChI=1S/C20H31N3O3/c1-15(11-17-7-8-18-19(12-17)26-14-25-18)22(3)16(2)21-20(24)13-23-9-5-4-6-10-23/h7-8,12,15-16H,4-6,9-11,13-14H2,1-3H3,(H,21,24). The summed E-state index contributed by atoms with van der Waals surface area (Å²) in [5.74, 6) is 1.75. The molecule has 0 radical (unpaired) electrons. The van der Waals surface area contributed by atoms with Gasteiger partial charge in [-0.05, 0) is 70.9 Å². The molecule has 1 N–H and O–H groups in total. The Bertz CT molecular complexity index is 616. The third kappa shape index (κ3) is 4.89. The normalized spacial score (nSPS) is 19.4. The molecule has 1 aromatic rings. The van der Waals surface area contributed by atoms with E-state index in [9.17, 15) is 4.79 Å².